The van der Waals surface area contributed by atoms with Gasteiger partial charge in [-0.15, -0.1) is 0 Å². The van der Waals surface area contributed by atoms with Crippen molar-refractivity contribution in [3.05, 3.63) is 0 Å². The van der Waals surface area contributed by atoms with Gasteiger partial charge in [0.25, 0.3) is 0 Å². The van der Waals surface area contributed by atoms with Gasteiger partial charge >= 0.3 is 0 Å². The number of carbonyl (C=O) groups is 2. The maximum absolute atomic E-state index is 12.1. The van der Waals surface area contributed by atoms with Gasteiger partial charge in [0, 0.05) is 39.5 Å². The van der Waals surface area contributed by atoms with E-state index in [2.05, 4.69) is 0 Å². The Kier molecular flexibility index (Phi) is 6.56. The highest BCUT2D eigenvalue weighted by Gasteiger charge is 2.27. The van der Waals surface area contributed by atoms with Crippen molar-refractivity contribution in [3.8, 4) is 0 Å². The van der Waals surface area contributed by atoms with Crippen LogP contribution in [0.4, 0.5) is 0 Å². The molecule has 1 heterocycles. The van der Waals surface area contributed by atoms with Gasteiger partial charge in [0.05, 0.1) is 11.8 Å². The van der Waals surface area contributed by atoms with E-state index in [1.807, 2.05) is 0 Å². The molecule has 21 heavy (non-hydrogen) atoms. The maximum atomic E-state index is 12.1. The lowest BCUT2D eigenvalue weighted by atomic mass is 10.2. The molecule has 0 aromatic heterocycles. The number of piperazine rings is 1. The van der Waals surface area contributed by atoms with Crippen molar-refractivity contribution in [2.75, 3.05) is 51.9 Å². The topological polar surface area (TPSA) is 110 Å². The largest absolute Gasteiger partial charge is 0.375 e. The normalized spacial score (nSPS) is 17.7. The molecule has 2 N–H and O–H groups in total. The smallest absolute Gasteiger partial charge is 0.248 e. The van der Waals surface area contributed by atoms with Crippen LogP contribution in [0.5, 0.6) is 0 Å². The molecule has 0 saturated carbocycles. The lowest BCUT2D eigenvalue weighted by Gasteiger charge is -2.35. The zero-order valence-electron chi connectivity index (χ0n) is 12.4. The van der Waals surface area contributed by atoms with Gasteiger partial charge in [0.15, 0.2) is 0 Å². The Hall–Kier alpha value is -1.19. The number of ether oxygens (including phenoxy) is 1. The fourth-order valence-corrected chi connectivity index (χ4v) is 2.77. The summed E-state index contributed by atoms with van der Waals surface area (Å²) in [4.78, 5) is 26.9. The number of nitrogens with zero attached hydrogens (tertiary/aromatic N) is 2. The Labute approximate surface area is 125 Å². The summed E-state index contributed by atoms with van der Waals surface area (Å²) in [5.41, 5.74) is 5.74. The minimum absolute atomic E-state index is 0.0296. The lowest BCUT2D eigenvalue weighted by molar-refractivity contribution is -0.142. The number of carbonyl (C=O) groups excluding carboxylic acids is 2. The van der Waals surface area contributed by atoms with Crippen LogP contribution in [-0.4, -0.2) is 88.0 Å². The Balaban J connectivity index is 2.42. The molecule has 8 nitrogen and oxygen atoms in total. The molecule has 1 aliphatic rings. The third-order valence-electron chi connectivity index (χ3n) is 3.33. The third kappa shape index (κ3) is 5.98. The van der Waals surface area contributed by atoms with Gasteiger partial charge in [0.2, 0.25) is 11.8 Å². The van der Waals surface area contributed by atoms with Crippen LogP contribution in [0, 0.1) is 0 Å². The van der Waals surface area contributed by atoms with Crippen molar-refractivity contribution in [2.45, 2.75) is 12.5 Å². The molecule has 1 saturated heterocycles. The van der Waals surface area contributed by atoms with E-state index in [9.17, 15) is 18.0 Å². The first-order chi connectivity index (χ1) is 9.74. The van der Waals surface area contributed by atoms with Crippen LogP contribution in [0.15, 0.2) is 0 Å². The highest BCUT2D eigenvalue weighted by Crippen LogP contribution is 2.06. The molecule has 0 aromatic carbocycles. The first kappa shape index (κ1) is 17.9. The van der Waals surface area contributed by atoms with E-state index in [1.165, 1.54) is 7.11 Å². The summed E-state index contributed by atoms with van der Waals surface area (Å²) in [5.74, 6) is -0.477. The Morgan fingerprint density at radius 1 is 1.19 bits per heavy atom. The Morgan fingerprint density at radius 3 is 2.19 bits per heavy atom. The molecule has 0 aliphatic carbocycles. The van der Waals surface area contributed by atoms with Crippen LogP contribution >= 0.6 is 0 Å². The number of methoxy groups -OCH3 is 1. The zero-order valence-corrected chi connectivity index (χ0v) is 13.3. The highest BCUT2D eigenvalue weighted by molar-refractivity contribution is 7.90. The summed E-state index contributed by atoms with van der Waals surface area (Å²) in [6.07, 6.45) is 1.23. The minimum atomic E-state index is -3.13. The van der Waals surface area contributed by atoms with Crippen LogP contribution in [-0.2, 0) is 24.2 Å². The summed E-state index contributed by atoms with van der Waals surface area (Å²) in [7, 11) is -1.67. The van der Waals surface area contributed by atoms with Gasteiger partial charge in [-0.1, -0.05) is 0 Å². The molecular formula is C12H23N3O5S. The number of hydrogen-bond acceptors (Lipinski definition) is 6. The van der Waals surface area contributed by atoms with E-state index in [4.69, 9.17) is 10.5 Å². The molecule has 1 fully saturated rings. The van der Waals surface area contributed by atoms with Gasteiger partial charge in [-0.3, -0.25) is 9.59 Å². The zero-order chi connectivity index (χ0) is 16.0. The Bertz CT molecular complexity index is 471. The van der Waals surface area contributed by atoms with E-state index in [0.29, 0.717) is 26.2 Å². The van der Waals surface area contributed by atoms with Crippen LogP contribution in [0.25, 0.3) is 0 Å². The molecule has 2 amide bonds. The molecule has 0 aromatic rings. The molecular weight excluding hydrogens is 298 g/mol. The first-order valence-electron chi connectivity index (χ1n) is 6.73. The van der Waals surface area contributed by atoms with Crippen LogP contribution < -0.4 is 5.73 Å². The fraction of sp³-hybridized carbons (Fsp3) is 0.833. The molecule has 1 atom stereocenters. The van der Waals surface area contributed by atoms with Gasteiger partial charge < -0.3 is 20.3 Å². The van der Waals surface area contributed by atoms with Gasteiger partial charge in [-0.2, -0.15) is 0 Å². The van der Waals surface area contributed by atoms with Crippen molar-refractivity contribution in [1.29, 1.82) is 0 Å². The molecule has 9 heteroatoms. The monoisotopic (exact) mass is 321 g/mol. The predicted octanol–water partition coefficient (Wildman–Crippen LogP) is -1.93. The van der Waals surface area contributed by atoms with Crippen LogP contribution in [0.3, 0.4) is 0 Å². The molecule has 1 rings (SSSR count). The summed E-state index contributed by atoms with van der Waals surface area (Å²) in [5, 5.41) is 0. The van der Waals surface area contributed by atoms with E-state index >= 15 is 0 Å². The van der Waals surface area contributed by atoms with Crippen molar-refractivity contribution in [2.24, 2.45) is 5.73 Å². The molecule has 1 aliphatic heterocycles. The van der Waals surface area contributed by atoms with E-state index in [0.717, 1.165) is 6.26 Å². The number of sulfone groups is 1. The second-order valence-corrected chi connectivity index (χ2v) is 7.42. The standard InChI is InChI=1S/C12H23N3O5S/c1-20-9-11(16)14-4-6-15(7-5-14)12(17)10(13)3-8-21(2,18)19/h10H,3-9,13H2,1-2H3. The van der Waals surface area contributed by atoms with Gasteiger partial charge in [0.1, 0.15) is 16.4 Å². The number of amides is 2. The summed E-state index contributed by atoms with van der Waals surface area (Å²) in [6.45, 7) is 1.71. The SMILES string of the molecule is COCC(=O)N1CCN(C(=O)C(N)CCS(C)(=O)=O)CC1. The van der Waals surface area contributed by atoms with Crippen LogP contribution in [0.1, 0.15) is 6.42 Å². The summed E-state index contributed by atoms with van der Waals surface area (Å²) in [6, 6.07) is -0.819. The second-order valence-electron chi connectivity index (χ2n) is 5.16. The maximum Gasteiger partial charge on any atom is 0.248 e. The quantitative estimate of drug-likeness (QED) is 0.610. The average molecular weight is 321 g/mol. The van der Waals surface area contributed by atoms with Crippen molar-refractivity contribution < 1.29 is 22.7 Å². The van der Waals surface area contributed by atoms with Gasteiger partial charge in [-0.05, 0) is 6.42 Å². The average Bonchev–Trinajstić information content (AvgIpc) is 2.43. The molecule has 0 spiro atoms. The number of rotatable bonds is 6. The predicted molar refractivity (Wildman–Crippen MR) is 77.3 cm³/mol. The van der Waals surface area contributed by atoms with Gasteiger partial charge in [-0.25, -0.2) is 8.42 Å². The molecule has 1 unspecified atom stereocenters. The third-order valence-corrected chi connectivity index (χ3v) is 4.31. The van der Waals surface area contributed by atoms with Crippen molar-refractivity contribution in [3.63, 3.8) is 0 Å². The van der Waals surface area contributed by atoms with E-state index in [-0.39, 0.29) is 30.6 Å². The summed E-state index contributed by atoms with van der Waals surface area (Å²) >= 11 is 0. The number of hydrogen-bond donors (Lipinski definition) is 1. The fourth-order valence-electron chi connectivity index (χ4n) is 2.09. The van der Waals surface area contributed by atoms with E-state index < -0.39 is 15.9 Å². The first-order valence-corrected chi connectivity index (χ1v) is 8.79. The minimum Gasteiger partial charge on any atom is -0.375 e. The van der Waals surface area contributed by atoms with Crippen LogP contribution in [0.2, 0.25) is 0 Å². The molecule has 122 valence electrons. The van der Waals surface area contributed by atoms with Crippen molar-refractivity contribution >= 4 is 21.7 Å². The molecule has 0 radical (unpaired) electrons. The molecule has 0 bridgehead atoms. The lowest BCUT2D eigenvalue weighted by Crippen LogP contribution is -2.55. The van der Waals surface area contributed by atoms with E-state index in [1.54, 1.807) is 9.80 Å². The number of nitrogens with two attached hydrogens (primary N) is 1. The highest BCUT2D eigenvalue weighted by atomic mass is 32.2. The Morgan fingerprint density at radius 2 is 1.71 bits per heavy atom. The second kappa shape index (κ2) is 7.71. The summed E-state index contributed by atoms with van der Waals surface area (Å²) < 4.78 is 26.9. The van der Waals surface area contributed by atoms with Crippen molar-refractivity contribution in [1.82, 2.24) is 9.80 Å².